The SMILES string of the molecule is O=C(Nc1ccn(Cc2ccccn2)n1)c1ccc(SC(F)F)cc1. The number of thioether (sulfide) groups is 1. The van der Waals surface area contributed by atoms with Gasteiger partial charge >= 0.3 is 0 Å². The van der Waals surface area contributed by atoms with Crippen molar-refractivity contribution in [2.75, 3.05) is 5.32 Å². The van der Waals surface area contributed by atoms with E-state index in [2.05, 4.69) is 15.4 Å². The van der Waals surface area contributed by atoms with Crippen molar-refractivity contribution < 1.29 is 13.6 Å². The molecule has 5 nitrogen and oxygen atoms in total. The van der Waals surface area contributed by atoms with Crippen molar-refractivity contribution in [3.63, 3.8) is 0 Å². The second-order valence-electron chi connectivity index (χ2n) is 5.08. The maximum atomic E-state index is 12.3. The molecular formula is C17H14F2N4OS. The van der Waals surface area contributed by atoms with Gasteiger partial charge in [-0.1, -0.05) is 17.8 Å². The third kappa shape index (κ3) is 4.87. The van der Waals surface area contributed by atoms with Crippen molar-refractivity contribution in [2.45, 2.75) is 17.2 Å². The summed E-state index contributed by atoms with van der Waals surface area (Å²) in [5, 5.41) is 6.95. The Morgan fingerprint density at radius 3 is 2.64 bits per heavy atom. The largest absolute Gasteiger partial charge is 0.305 e. The van der Waals surface area contributed by atoms with Crippen molar-refractivity contribution in [1.82, 2.24) is 14.8 Å². The molecule has 0 saturated carbocycles. The number of carbonyl (C=O) groups is 1. The molecule has 1 aromatic carbocycles. The number of rotatable bonds is 6. The smallest absolute Gasteiger partial charge is 0.288 e. The Bertz CT molecular complexity index is 837. The molecule has 0 unspecified atom stereocenters. The normalized spacial score (nSPS) is 10.8. The van der Waals surface area contributed by atoms with Crippen LogP contribution in [0.1, 0.15) is 16.1 Å². The first kappa shape index (κ1) is 17.1. The average Bonchev–Trinajstić information content (AvgIpc) is 3.02. The zero-order valence-corrected chi connectivity index (χ0v) is 13.8. The summed E-state index contributed by atoms with van der Waals surface area (Å²) in [6.45, 7) is 0.496. The van der Waals surface area contributed by atoms with Gasteiger partial charge in [-0.2, -0.15) is 13.9 Å². The number of nitrogens with zero attached hydrogens (tertiary/aromatic N) is 3. The second kappa shape index (κ2) is 7.89. The predicted octanol–water partition coefficient (Wildman–Crippen LogP) is 3.89. The van der Waals surface area contributed by atoms with E-state index in [0.717, 1.165) is 5.69 Å². The monoisotopic (exact) mass is 360 g/mol. The summed E-state index contributed by atoms with van der Waals surface area (Å²) >= 11 is 0.440. The van der Waals surface area contributed by atoms with E-state index in [1.54, 1.807) is 23.1 Å². The van der Waals surface area contributed by atoms with Gasteiger partial charge in [0.25, 0.3) is 11.7 Å². The Labute approximate surface area is 147 Å². The fourth-order valence-corrected chi connectivity index (χ4v) is 2.65. The number of carbonyl (C=O) groups excluding carboxylic acids is 1. The maximum Gasteiger partial charge on any atom is 0.288 e. The van der Waals surface area contributed by atoms with E-state index < -0.39 is 5.76 Å². The number of hydrogen-bond acceptors (Lipinski definition) is 4. The Kier molecular flexibility index (Phi) is 5.39. The second-order valence-corrected chi connectivity index (χ2v) is 6.14. The van der Waals surface area contributed by atoms with Gasteiger partial charge in [0.2, 0.25) is 0 Å². The van der Waals surface area contributed by atoms with E-state index in [4.69, 9.17) is 0 Å². The van der Waals surface area contributed by atoms with Crippen molar-refractivity contribution in [1.29, 1.82) is 0 Å². The van der Waals surface area contributed by atoms with Gasteiger partial charge < -0.3 is 5.32 Å². The highest BCUT2D eigenvalue weighted by Gasteiger charge is 2.10. The Morgan fingerprint density at radius 2 is 1.96 bits per heavy atom. The summed E-state index contributed by atoms with van der Waals surface area (Å²) in [7, 11) is 0. The van der Waals surface area contributed by atoms with Gasteiger partial charge in [0, 0.05) is 28.9 Å². The lowest BCUT2D eigenvalue weighted by atomic mass is 10.2. The summed E-state index contributed by atoms with van der Waals surface area (Å²) in [5.41, 5.74) is 1.23. The van der Waals surface area contributed by atoms with Crippen molar-refractivity contribution >= 4 is 23.5 Å². The Morgan fingerprint density at radius 1 is 1.16 bits per heavy atom. The number of hydrogen-bond donors (Lipinski definition) is 1. The van der Waals surface area contributed by atoms with Gasteiger partial charge in [-0.25, -0.2) is 0 Å². The molecule has 0 radical (unpaired) electrons. The van der Waals surface area contributed by atoms with Crippen LogP contribution in [0.3, 0.4) is 0 Å². The van der Waals surface area contributed by atoms with Crippen LogP contribution in [0, 0.1) is 0 Å². The number of anilines is 1. The van der Waals surface area contributed by atoms with E-state index in [9.17, 15) is 13.6 Å². The molecule has 0 bridgehead atoms. The number of pyridine rings is 1. The molecule has 0 aliphatic rings. The van der Waals surface area contributed by atoms with Crippen LogP contribution < -0.4 is 5.32 Å². The van der Waals surface area contributed by atoms with Crippen LogP contribution in [0.5, 0.6) is 0 Å². The van der Waals surface area contributed by atoms with Crippen molar-refractivity contribution in [2.24, 2.45) is 0 Å². The fraction of sp³-hybridized carbons (Fsp3) is 0.118. The number of alkyl halides is 2. The topological polar surface area (TPSA) is 59.8 Å². The first-order valence-electron chi connectivity index (χ1n) is 7.40. The average molecular weight is 360 g/mol. The Hall–Kier alpha value is -2.74. The summed E-state index contributed by atoms with van der Waals surface area (Å²) in [4.78, 5) is 16.8. The molecule has 2 aromatic heterocycles. The highest BCUT2D eigenvalue weighted by atomic mass is 32.2. The number of amides is 1. The standard InChI is InChI=1S/C17H14F2N4OS/c18-17(19)25-14-6-4-12(5-7-14)16(24)21-15-8-10-23(22-15)11-13-3-1-2-9-20-13/h1-10,17H,11H2,(H,21,22,24). The number of halogens is 2. The summed E-state index contributed by atoms with van der Waals surface area (Å²) in [5.74, 6) is -2.42. The van der Waals surface area contributed by atoms with Gasteiger partial charge in [-0.05, 0) is 36.4 Å². The lowest BCUT2D eigenvalue weighted by molar-refractivity contribution is 0.102. The number of nitrogens with one attached hydrogen (secondary N) is 1. The van der Waals surface area contributed by atoms with E-state index in [-0.39, 0.29) is 5.91 Å². The quantitative estimate of drug-likeness (QED) is 0.678. The third-order valence-electron chi connectivity index (χ3n) is 3.27. The van der Waals surface area contributed by atoms with Gasteiger partial charge in [0.1, 0.15) is 0 Å². The van der Waals surface area contributed by atoms with E-state index in [0.29, 0.717) is 34.6 Å². The molecule has 0 fully saturated rings. The predicted molar refractivity (Wildman–Crippen MR) is 91.8 cm³/mol. The minimum atomic E-state index is -2.48. The third-order valence-corrected chi connectivity index (χ3v) is 4.00. The number of benzene rings is 1. The van der Waals surface area contributed by atoms with Crippen LogP contribution in [0.15, 0.2) is 65.8 Å². The summed E-state index contributed by atoms with van der Waals surface area (Å²) in [6, 6.07) is 13.3. The molecule has 25 heavy (non-hydrogen) atoms. The lowest BCUT2D eigenvalue weighted by Crippen LogP contribution is -2.13. The van der Waals surface area contributed by atoms with Crippen molar-refractivity contribution in [3.05, 3.63) is 72.2 Å². The van der Waals surface area contributed by atoms with Crippen LogP contribution >= 0.6 is 11.8 Å². The van der Waals surface area contributed by atoms with Crippen LogP contribution in [0.25, 0.3) is 0 Å². The van der Waals surface area contributed by atoms with E-state index in [1.165, 1.54) is 24.3 Å². The van der Waals surface area contributed by atoms with Crippen LogP contribution in [0.2, 0.25) is 0 Å². The maximum absolute atomic E-state index is 12.3. The summed E-state index contributed by atoms with van der Waals surface area (Å²) in [6.07, 6.45) is 3.45. The molecular weight excluding hydrogens is 346 g/mol. The number of aromatic nitrogens is 3. The van der Waals surface area contributed by atoms with E-state index in [1.807, 2.05) is 18.2 Å². The molecule has 3 aromatic rings. The molecule has 0 aliphatic heterocycles. The molecule has 0 atom stereocenters. The van der Waals surface area contributed by atoms with Gasteiger partial charge in [-0.3, -0.25) is 14.5 Å². The summed E-state index contributed by atoms with van der Waals surface area (Å²) < 4.78 is 26.3. The first-order valence-corrected chi connectivity index (χ1v) is 8.28. The van der Waals surface area contributed by atoms with E-state index >= 15 is 0 Å². The highest BCUT2D eigenvalue weighted by molar-refractivity contribution is 7.99. The molecule has 1 amide bonds. The Balaban J connectivity index is 1.61. The van der Waals surface area contributed by atoms with Crippen LogP contribution in [-0.2, 0) is 6.54 Å². The van der Waals surface area contributed by atoms with Gasteiger partial charge in [-0.15, -0.1) is 0 Å². The zero-order valence-electron chi connectivity index (χ0n) is 13.0. The minimum Gasteiger partial charge on any atom is -0.305 e. The first-order chi connectivity index (χ1) is 12.1. The van der Waals surface area contributed by atoms with Gasteiger partial charge in [0.15, 0.2) is 5.82 Å². The van der Waals surface area contributed by atoms with Crippen LogP contribution in [0.4, 0.5) is 14.6 Å². The minimum absolute atomic E-state index is 0.350. The highest BCUT2D eigenvalue weighted by Crippen LogP contribution is 2.25. The van der Waals surface area contributed by atoms with Crippen molar-refractivity contribution in [3.8, 4) is 0 Å². The molecule has 128 valence electrons. The molecule has 0 aliphatic carbocycles. The zero-order chi connectivity index (χ0) is 17.6. The molecule has 2 heterocycles. The molecule has 8 heteroatoms. The molecule has 3 rings (SSSR count). The molecule has 0 spiro atoms. The molecule has 0 saturated heterocycles. The fourth-order valence-electron chi connectivity index (χ4n) is 2.15. The molecule has 1 N–H and O–H groups in total. The van der Waals surface area contributed by atoms with Crippen LogP contribution in [-0.4, -0.2) is 26.4 Å². The lowest BCUT2D eigenvalue weighted by Gasteiger charge is -2.04. The van der Waals surface area contributed by atoms with Gasteiger partial charge in [0.05, 0.1) is 12.2 Å².